The van der Waals surface area contributed by atoms with E-state index in [1.165, 1.54) is 71.3 Å². The molecule has 0 amide bonds. The van der Waals surface area contributed by atoms with Crippen molar-refractivity contribution in [2.75, 3.05) is 0 Å². The van der Waals surface area contributed by atoms with E-state index in [9.17, 15) is 0 Å². The molecule has 0 aliphatic heterocycles. The number of rotatable bonds is 4. The molecular weight excluding hydrogens is 703 g/mol. The van der Waals surface area contributed by atoms with Crippen LogP contribution in [0.3, 0.4) is 0 Å². The van der Waals surface area contributed by atoms with Crippen molar-refractivity contribution in [1.82, 2.24) is 14.5 Å². The van der Waals surface area contributed by atoms with Gasteiger partial charge in [0.1, 0.15) is 0 Å². The molecule has 3 heteroatoms. The Hall–Kier alpha value is -7.36. The number of benzene rings is 9. The van der Waals surface area contributed by atoms with Crippen LogP contribution < -0.4 is 0 Å². The van der Waals surface area contributed by atoms with Crippen LogP contribution in [-0.2, 0) is 5.41 Å². The lowest BCUT2D eigenvalue weighted by Crippen LogP contribution is -2.14. The van der Waals surface area contributed by atoms with Crippen molar-refractivity contribution in [2.45, 2.75) is 19.3 Å². The lowest BCUT2D eigenvalue weighted by molar-refractivity contribution is 0.661. The first-order valence-electron chi connectivity index (χ1n) is 20.1. The summed E-state index contributed by atoms with van der Waals surface area (Å²) >= 11 is 0. The van der Waals surface area contributed by atoms with Gasteiger partial charge in [-0.15, -0.1) is 0 Å². The summed E-state index contributed by atoms with van der Waals surface area (Å²) in [5, 5.41) is 8.43. The first kappa shape index (κ1) is 32.8. The van der Waals surface area contributed by atoms with Gasteiger partial charge in [0.2, 0.25) is 5.95 Å². The van der Waals surface area contributed by atoms with Crippen LogP contribution in [0.2, 0.25) is 0 Å². The molecule has 0 N–H and O–H groups in total. The maximum atomic E-state index is 5.43. The minimum atomic E-state index is -0.0445. The molecule has 0 bridgehead atoms. The molecule has 0 atom stereocenters. The molecule has 9 aromatic carbocycles. The Bertz CT molecular complexity index is 3480. The smallest absolute Gasteiger partial charge is 0.235 e. The summed E-state index contributed by atoms with van der Waals surface area (Å²) in [6.07, 6.45) is 0. The van der Waals surface area contributed by atoms with Gasteiger partial charge in [0.05, 0.1) is 22.2 Å². The molecule has 0 saturated heterocycles. The van der Waals surface area contributed by atoms with Crippen LogP contribution in [0.15, 0.2) is 188 Å². The molecule has 0 unspecified atom stereocenters. The lowest BCUT2D eigenvalue weighted by Gasteiger charge is -2.21. The highest BCUT2D eigenvalue weighted by Crippen LogP contribution is 2.52. The molecule has 1 aliphatic rings. The monoisotopic (exact) mass is 739 g/mol. The Morgan fingerprint density at radius 1 is 0.397 bits per heavy atom. The molecular formula is C55H37N3. The third-order valence-electron chi connectivity index (χ3n) is 12.6. The Balaban J connectivity index is 1.08. The SMILES string of the molecule is CC1(C)c2ccccc2-c2c1ccc1c(-c3cccc4c3ccc3c4c4ccccc4n3-c3nc(-c4cccc(-c5ccccc5)c4)c4ccccc4n3)cccc21. The molecule has 0 radical (unpaired) electrons. The van der Waals surface area contributed by atoms with Gasteiger partial charge in [-0.05, 0) is 90.3 Å². The molecule has 0 saturated carbocycles. The fraction of sp³-hybridized carbons (Fsp3) is 0.0545. The summed E-state index contributed by atoms with van der Waals surface area (Å²) in [7, 11) is 0. The zero-order valence-electron chi connectivity index (χ0n) is 32.2. The molecule has 58 heavy (non-hydrogen) atoms. The van der Waals surface area contributed by atoms with Gasteiger partial charge in [-0.25, -0.2) is 9.97 Å². The van der Waals surface area contributed by atoms with Gasteiger partial charge in [-0.3, -0.25) is 4.57 Å². The van der Waals surface area contributed by atoms with Gasteiger partial charge in [-0.1, -0.05) is 178 Å². The standard InChI is InChI=1S/C55H37N3/c1-55(2)46-26-9-6-19-43(46)51-41-24-13-22-37(39(41)29-31-47(51)55)38-23-14-25-42-40(38)30-32-50-52(42)45-21-8-11-28-49(45)58(50)54-56-48-27-10-7-20-44(48)53(57-54)36-18-12-17-35(33-36)34-15-4-3-5-16-34/h3-33H,1-2H3. The van der Waals surface area contributed by atoms with Crippen molar-refractivity contribution in [2.24, 2.45) is 0 Å². The largest absolute Gasteiger partial charge is 0.278 e. The molecule has 0 fully saturated rings. The Kier molecular flexibility index (Phi) is 6.98. The van der Waals surface area contributed by atoms with Crippen molar-refractivity contribution in [1.29, 1.82) is 0 Å². The van der Waals surface area contributed by atoms with E-state index >= 15 is 0 Å². The number of hydrogen-bond acceptors (Lipinski definition) is 2. The molecule has 3 nitrogen and oxygen atoms in total. The average Bonchev–Trinajstić information content (AvgIpc) is 3.75. The van der Waals surface area contributed by atoms with Gasteiger partial charge >= 0.3 is 0 Å². The topological polar surface area (TPSA) is 30.7 Å². The number of hydrogen-bond donors (Lipinski definition) is 0. The Morgan fingerprint density at radius 2 is 1.02 bits per heavy atom. The highest BCUT2D eigenvalue weighted by atomic mass is 15.2. The third-order valence-corrected chi connectivity index (χ3v) is 12.6. The van der Waals surface area contributed by atoms with Crippen molar-refractivity contribution >= 4 is 54.3 Å². The van der Waals surface area contributed by atoms with E-state index in [0.717, 1.165) is 38.8 Å². The Morgan fingerprint density at radius 3 is 1.88 bits per heavy atom. The van der Waals surface area contributed by atoms with E-state index in [-0.39, 0.29) is 5.41 Å². The highest BCUT2D eigenvalue weighted by molar-refractivity contribution is 6.24. The van der Waals surface area contributed by atoms with Gasteiger partial charge in [0.15, 0.2) is 0 Å². The van der Waals surface area contributed by atoms with Crippen molar-refractivity contribution < 1.29 is 0 Å². The van der Waals surface area contributed by atoms with Crippen molar-refractivity contribution in [3.05, 3.63) is 199 Å². The molecule has 272 valence electrons. The first-order valence-corrected chi connectivity index (χ1v) is 20.1. The van der Waals surface area contributed by atoms with Crippen LogP contribution in [0.1, 0.15) is 25.0 Å². The second-order valence-corrected chi connectivity index (χ2v) is 16.1. The second-order valence-electron chi connectivity index (χ2n) is 16.1. The summed E-state index contributed by atoms with van der Waals surface area (Å²) in [5.41, 5.74) is 15.3. The molecule has 0 spiro atoms. The van der Waals surface area contributed by atoms with Gasteiger partial charge in [-0.2, -0.15) is 0 Å². The fourth-order valence-electron chi connectivity index (χ4n) is 9.93. The summed E-state index contributed by atoms with van der Waals surface area (Å²) in [6.45, 7) is 4.71. The second kappa shape index (κ2) is 12.3. The molecule has 11 aromatic rings. The van der Waals surface area contributed by atoms with Crippen LogP contribution in [0.25, 0.3) is 105 Å². The minimum absolute atomic E-state index is 0.0445. The minimum Gasteiger partial charge on any atom is -0.278 e. The highest BCUT2D eigenvalue weighted by Gasteiger charge is 2.36. The van der Waals surface area contributed by atoms with E-state index in [1.807, 2.05) is 0 Å². The zero-order valence-corrected chi connectivity index (χ0v) is 32.2. The van der Waals surface area contributed by atoms with Gasteiger partial charge in [0.25, 0.3) is 0 Å². The number of nitrogens with zero attached hydrogens (tertiary/aromatic N) is 3. The number of fused-ring (bicyclic) bond motifs is 11. The summed E-state index contributed by atoms with van der Waals surface area (Å²) in [5.74, 6) is 0.659. The summed E-state index contributed by atoms with van der Waals surface area (Å²) in [4.78, 5) is 10.7. The van der Waals surface area contributed by atoms with Crippen LogP contribution in [0.5, 0.6) is 0 Å². The van der Waals surface area contributed by atoms with Crippen LogP contribution in [0.4, 0.5) is 0 Å². The van der Waals surface area contributed by atoms with Gasteiger partial charge < -0.3 is 0 Å². The third kappa shape index (κ3) is 4.68. The molecule has 2 heterocycles. The van der Waals surface area contributed by atoms with E-state index < -0.39 is 0 Å². The lowest BCUT2D eigenvalue weighted by atomic mass is 9.81. The molecule has 1 aliphatic carbocycles. The Labute approximate surface area is 336 Å². The van der Waals surface area contributed by atoms with E-state index in [2.05, 4.69) is 206 Å². The van der Waals surface area contributed by atoms with Crippen molar-refractivity contribution in [3.63, 3.8) is 0 Å². The number of para-hydroxylation sites is 2. The van der Waals surface area contributed by atoms with E-state index in [4.69, 9.17) is 9.97 Å². The number of aromatic nitrogens is 3. The maximum absolute atomic E-state index is 5.43. The predicted octanol–water partition coefficient (Wildman–Crippen LogP) is 14.3. The predicted molar refractivity (Wildman–Crippen MR) is 243 cm³/mol. The fourth-order valence-corrected chi connectivity index (χ4v) is 9.93. The molecule has 2 aromatic heterocycles. The first-order chi connectivity index (χ1) is 28.5. The summed E-state index contributed by atoms with van der Waals surface area (Å²) < 4.78 is 2.26. The van der Waals surface area contributed by atoms with E-state index in [1.54, 1.807) is 0 Å². The normalized spacial score (nSPS) is 13.1. The van der Waals surface area contributed by atoms with E-state index in [0.29, 0.717) is 5.95 Å². The maximum Gasteiger partial charge on any atom is 0.235 e. The quantitative estimate of drug-likeness (QED) is 0.180. The van der Waals surface area contributed by atoms with Crippen LogP contribution >= 0.6 is 0 Å². The van der Waals surface area contributed by atoms with Gasteiger partial charge in [0, 0.05) is 27.1 Å². The van der Waals surface area contributed by atoms with Crippen molar-refractivity contribution in [3.8, 4) is 50.6 Å². The zero-order chi connectivity index (χ0) is 38.5. The average molecular weight is 740 g/mol. The van der Waals surface area contributed by atoms with Crippen LogP contribution in [-0.4, -0.2) is 14.5 Å². The molecule has 12 rings (SSSR count). The summed E-state index contributed by atoms with van der Waals surface area (Å²) in [6, 6.07) is 68.2. The van der Waals surface area contributed by atoms with Crippen LogP contribution in [0, 0.1) is 0 Å².